The summed E-state index contributed by atoms with van der Waals surface area (Å²) in [6.45, 7) is 5.88. The van der Waals surface area contributed by atoms with Crippen LogP contribution in [-0.2, 0) is 25.6 Å². The van der Waals surface area contributed by atoms with Crippen LogP contribution in [0.25, 0.3) is 0 Å². The molecular weight excluding hydrogens is 618 g/mol. The molecule has 4 amide bonds. The fourth-order valence-corrected chi connectivity index (χ4v) is 6.87. The first-order chi connectivity index (χ1) is 20.2. The van der Waals surface area contributed by atoms with Crippen LogP contribution in [0.3, 0.4) is 0 Å². The van der Waals surface area contributed by atoms with Crippen molar-refractivity contribution in [1.29, 1.82) is 0 Å². The van der Waals surface area contributed by atoms with Gasteiger partial charge in [0.1, 0.15) is 6.04 Å². The Labute approximate surface area is 288 Å². The summed E-state index contributed by atoms with van der Waals surface area (Å²) in [5.74, 6) is -3.83. The van der Waals surface area contributed by atoms with E-state index in [1.165, 1.54) is 4.90 Å². The minimum Gasteiger partial charge on any atom is -0.548 e. The average Bonchev–Trinajstić information content (AvgIpc) is 3.52. The van der Waals surface area contributed by atoms with Crippen LogP contribution in [0.2, 0.25) is 10.0 Å². The zero-order valence-electron chi connectivity index (χ0n) is 25.2. The van der Waals surface area contributed by atoms with Crippen molar-refractivity contribution in [3.05, 3.63) is 63.6 Å². The molecule has 1 saturated heterocycles. The summed E-state index contributed by atoms with van der Waals surface area (Å²) in [6.07, 6.45) is 1.91. The molecule has 1 aliphatic carbocycles. The van der Waals surface area contributed by atoms with Gasteiger partial charge in [0, 0.05) is 18.2 Å². The second-order valence-electron chi connectivity index (χ2n) is 12.0. The van der Waals surface area contributed by atoms with Crippen molar-refractivity contribution in [3.63, 3.8) is 0 Å². The summed E-state index contributed by atoms with van der Waals surface area (Å²) in [5.41, 5.74) is 4.91. The van der Waals surface area contributed by atoms with E-state index in [9.17, 15) is 29.1 Å². The second-order valence-corrected chi connectivity index (χ2v) is 12.9. The molecule has 4 unspecified atom stereocenters. The van der Waals surface area contributed by atoms with Gasteiger partial charge >= 0.3 is 29.6 Å². The van der Waals surface area contributed by atoms with Crippen molar-refractivity contribution in [2.75, 3.05) is 11.9 Å². The van der Waals surface area contributed by atoms with Crippen LogP contribution in [0.1, 0.15) is 62.4 Å². The van der Waals surface area contributed by atoms with Crippen molar-refractivity contribution in [2.45, 2.75) is 65.0 Å². The molecule has 230 valence electrons. The summed E-state index contributed by atoms with van der Waals surface area (Å²) in [5, 5.41) is 17.8. The zero-order valence-corrected chi connectivity index (χ0v) is 28.8. The number of rotatable bonds is 9. The molecule has 0 spiro atoms. The molecule has 1 aliphatic heterocycles. The maximum atomic E-state index is 13.7. The van der Waals surface area contributed by atoms with E-state index in [0.717, 1.165) is 0 Å². The average molecular weight is 654 g/mol. The molecule has 13 heteroatoms. The van der Waals surface area contributed by atoms with Gasteiger partial charge in [0.05, 0.1) is 33.0 Å². The normalized spacial score (nSPS) is 22.9. The van der Waals surface area contributed by atoms with Crippen molar-refractivity contribution < 1.29 is 58.6 Å². The van der Waals surface area contributed by atoms with Crippen LogP contribution < -0.4 is 51.0 Å². The number of aliphatic carboxylic acids is 1. The van der Waals surface area contributed by atoms with Gasteiger partial charge in [0.2, 0.25) is 17.7 Å². The molecule has 44 heavy (non-hydrogen) atoms. The van der Waals surface area contributed by atoms with E-state index in [2.05, 4.69) is 10.6 Å². The fourth-order valence-electron chi connectivity index (χ4n) is 6.30. The maximum absolute atomic E-state index is 13.7. The number of benzene rings is 2. The Hall–Kier alpha value is -2.63. The van der Waals surface area contributed by atoms with Gasteiger partial charge in [0.15, 0.2) is 0 Å². The maximum Gasteiger partial charge on any atom is 1.00 e. The number of halogens is 2. The van der Waals surface area contributed by atoms with Crippen LogP contribution in [0.5, 0.6) is 0 Å². The number of carboxylic acid groups (broad SMARTS) is 1. The number of nitrogens with one attached hydrogen (secondary N) is 2. The molecule has 4 rings (SSSR count). The van der Waals surface area contributed by atoms with Crippen molar-refractivity contribution in [2.24, 2.45) is 22.5 Å². The third-order valence-electron chi connectivity index (χ3n) is 9.30. The largest absolute Gasteiger partial charge is 1.00 e. The molecule has 4 N–H and O–H groups in total. The summed E-state index contributed by atoms with van der Waals surface area (Å²) < 4.78 is 0. The molecule has 4 atom stereocenters. The number of amides is 4. The van der Waals surface area contributed by atoms with Crippen molar-refractivity contribution in [3.8, 4) is 0 Å². The predicted octanol–water partition coefficient (Wildman–Crippen LogP) is -0.0543. The molecule has 2 aromatic rings. The monoisotopic (exact) mass is 652 g/mol. The van der Waals surface area contributed by atoms with Gasteiger partial charge in [-0.15, -0.1) is 0 Å². The third kappa shape index (κ3) is 7.10. The number of hydrogen-bond donors (Lipinski definition) is 3. The van der Waals surface area contributed by atoms with Gasteiger partial charge in [-0.25, -0.2) is 0 Å². The van der Waals surface area contributed by atoms with Crippen molar-refractivity contribution >= 4 is 58.5 Å². The zero-order chi connectivity index (χ0) is 31.7. The molecule has 2 fully saturated rings. The number of likely N-dealkylation sites (tertiary alicyclic amines) is 1. The van der Waals surface area contributed by atoms with E-state index in [1.807, 2.05) is 13.8 Å². The SMILES string of the molecule is CC1(C(=O)N2CCCC2C(N)=O)CCC(C(=O)NC(Cc2ccc(NC(=O)c3c(Cl)cccc3Cl)cc2)C(=O)[O-])C1(C)C.[Na+]. The Morgan fingerprint density at radius 2 is 1.64 bits per heavy atom. The van der Waals surface area contributed by atoms with Gasteiger partial charge in [-0.3, -0.25) is 19.2 Å². The van der Waals surface area contributed by atoms with E-state index < -0.39 is 52.5 Å². The molecule has 2 aromatic carbocycles. The Kier molecular flexibility index (Phi) is 11.6. The second kappa shape index (κ2) is 14.2. The van der Waals surface area contributed by atoms with Gasteiger partial charge in [0.25, 0.3) is 5.91 Å². The topological polar surface area (TPSA) is 162 Å². The van der Waals surface area contributed by atoms with E-state index in [1.54, 1.807) is 49.4 Å². The minimum atomic E-state index is -1.45. The first-order valence-electron chi connectivity index (χ1n) is 14.1. The molecule has 2 aliphatic rings. The number of nitrogens with two attached hydrogens (primary N) is 1. The van der Waals surface area contributed by atoms with Crippen LogP contribution in [0, 0.1) is 16.7 Å². The molecule has 1 saturated carbocycles. The summed E-state index contributed by atoms with van der Waals surface area (Å²) in [4.78, 5) is 65.3. The number of anilines is 1. The molecule has 1 heterocycles. The molecule has 0 bridgehead atoms. The molecule has 0 aromatic heterocycles. The Bertz CT molecular complexity index is 1430. The smallest absolute Gasteiger partial charge is 0.548 e. The molecule has 0 radical (unpaired) electrons. The number of carbonyl (C=O) groups excluding carboxylic acids is 5. The first-order valence-corrected chi connectivity index (χ1v) is 14.9. The molecule has 10 nitrogen and oxygen atoms in total. The minimum absolute atomic E-state index is 0. The number of hydrogen-bond acceptors (Lipinski definition) is 6. The van der Waals surface area contributed by atoms with Gasteiger partial charge in [-0.1, -0.05) is 62.2 Å². The van der Waals surface area contributed by atoms with Crippen LogP contribution >= 0.6 is 23.2 Å². The van der Waals surface area contributed by atoms with Crippen molar-refractivity contribution in [1.82, 2.24) is 10.2 Å². The molecular formula is C31H35Cl2N4NaO6. The Morgan fingerprint density at radius 1 is 1.02 bits per heavy atom. The van der Waals surface area contributed by atoms with E-state index in [-0.39, 0.29) is 57.5 Å². The fraction of sp³-hybridized carbons (Fsp3) is 0.452. The van der Waals surface area contributed by atoms with Gasteiger partial charge in [-0.05, 0) is 67.3 Å². The van der Waals surface area contributed by atoms with Crippen LogP contribution in [0.4, 0.5) is 5.69 Å². The van der Waals surface area contributed by atoms with Gasteiger partial charge in [-0.2, -0.15) is 0 Å². The first kappa shape index (κ1) is 35.8. The number of nitrogens with zero attached hydrogens (tertiary/aromatic N) is 1. The summed E-state index contributed by atoms with van der Waals surface area (Å²) in [6, 6.07) is 9.20. The number of carboxylic acids is 1. The van der Waals surface area contributed by atoms with Crippen LogP contribution in [0.15, 0.2) is 42.5 Å². The van der Waals surface area contributed by atoms with Crippen LogP contribution in [-0.4, -0.2) is 53.1 Å². The van der Waals surface area contributed by atoms with Gasteiger partial charge < -0.3 is 31.2 Å². The van der Waals surface area contributed by atoms with E-state index in [0.29, 0.717) is 43.5 Å². The number of primary amides is 1. The quantitative estimate of drug-likeness (QED) is 0.322. The standard InChI is InChI=1S/C31H36Cl2N4O6.Na/c1-30(2)19(13-14-31(30,3)29(43)37-15-5-8-23(37)25(34)38)26(39)36-22(28(41)42)16-17-9-11-18(12-10-17)35-27(40)24-20(32)6-4-7-21(24)33;/h4,6-7,9-12,19,22-23H,5,8,13-16H2,1-3H3,(H2,34,38)(H,35,40)(H,36,39)(H,41,42);/q;+1/p-1. The van der Waals surface area contributed by atoms with E-state index >= 15 is 0 Å². The predicted molar refractivity (Wildman–Crippen MR) is 160 cm³/mol. The Morgan fingerprint density at radius 3 is 2.20 bits per heavy atom. The number of carbonyl (C=O) groups is 5. The Balaban J connectivity index is 0.00000529. The van der Waals surface area contributed by atoms with E-state index in [4.69, 9.17) is 28.9 Å². The third-order valence-corrected chi connectivity index (χ3v) is 9.93. The summed E-state index contributed by atoms with van der Waals surface area (Å²) in [7, 11) is 0. The summed E-state index contributed by atoms with van der Waals surface area (Å²) >= 11 is 12.2.